The normalized spacial score (nSPS) is 23.7. The van der Waals surface area contributed by atoms with E-state index in [2.05, 4.69) is 5.32 Å². The third kappa shape index (κ3) is 3.46. The molecule has 0 aliphatic carbocycles. The highest BCUT2D eigenvalue weighted by atomic mass is 16.2. The topological polar surface area (TPSA) is 57.1 Å². The summed E-state index contributed by atoms with van der Waals surface area (Å²) in [5.74, 6) is 0.0684. The van der Waals surface area contributed by atoms with Crippen LogP contribution in [-0.2, 0) is 4.79 Å². The van der Waals surface area contributed by atoms with Gasteiger partial charge < -0.3 is 15.1 Å². The van der Waals surface area contributed by atoms with Gasteiger partial charge in [0.25, 0.3) is 5.91 Å². The Labute approximate surface area is 160 Å². The highest BCUT2D eigenvalue weighted by Crippen LogP contribution is 2.35. The lowest BCUT2D eigenvalue weighted by molar-refractivity contribution is -0.904. The number of benzene rings is 1. The first kappa shape index (κ1) is 18.0. The van der Waals surface area contributed by atoms with Gasteiger partial charge in [0.05, 0.1) is 50.0 Å². The summed E-state index contributed by atoms with van der Waals surface area (Å²) >= 11 is 0. The number of likely N-dealkylation sites (tertiary alicyclic amines) is 1. The second kappa shape index (κ2) is 7.35. The van der Waals surface area contributed by atoms with Crippen molar-refractivity contribution in [3.63, 3.8) is 0 Å². The monoisotopic (exact) mass is 369 g/mol. The Bertz CT molecular complexity index is 765. The minimum Gasteiger partial charge on any atom is -0.333 e. The molecule has 6 heteroatoms. The third-order valence-corrected chi connectivity index (χ3v) is 6.14. The number of piperidine rings is 1. The van der Waals surface area contributed by atoms with Gasteiger partial charge in [0, 0.05) is 7.05 Å². The minimum atomic E-state index is -0.357. The quantitative estimate of drug-likeness (QED) is 0.827. The molecule has 27 heavy (non-hydrogen) atoms. The molecule has 3 heterocycles. The number of urea groups is 1. The summed E-state index contributed by atoms with van der Waals surface area (Å²) in [5.41, 5.74) is 3.71. The van der Waals surface area contributed by atoms with Crippen LogP contribution in [0, 0.1) is 6.92 Å². The fourth-order valence-electron chi connectivity index (χ4n) is 4.41. The van der Waals surface area contributed by atoms with E-state index in [0.29, 0.717) is 6.54 Å². The van der Waals surface area contributed by atoms with Crippen molar-refractivity contribution >= 4 is 11.9 Å². The molecule has 0 aromatic heterocycles. The Hall–Kier alpha value is -2.34. The van der Waals surface area contributed by atoms with Gasteiger partial charge in [0.1, 0.15) is 0 Å². The lowest BCUT2D eigenvalue weighted by atomic mass is 9.95. The number of rotatable bonds is 4. The van der Waals surface area contributed by atoms with E-state index in [9.17, 15) is 9.59 Å². The molecule has 3 amide bonds. The van der Waals surface area contributed by atoms with Gasteiger partial charge in [0.2, 0.25) is 0 Å². The molecular formula is C21H29N4O2+. The van der Waals surface area contributed by atoms with E-state index in [4.69, 9.17) is 0 Å². The summed E-state index contributed by atoms with van der Waals surface area (Å²) in [6.45, 7) is 6.74. The highest BCUT2D eigenvalue weighted by molar-refractivity contribution is 6.01. The molecule has 3 aliphatic heterocycles. The predicted molar refractivity (Wildman–Crippen MR) is 103 cm³/mol. The third-order valence-electron chi connectivity index (χ3n) is 6.14. The van der Waals surface area contributed by atoms with E-state index < -0.39 is 0 Å². The lowest BCUT2D eigenvalue weighted by Gasteiger charge is -2.31. The number of hydrogen-bond donors (Lipinski definition) is 2. The molecule has 4 rings (SSSR count). The molecule has 144 valence electrons. The van der Waals surface area contributed by atoms with Gasteiger partial charge in [-0.05, 0) is 31.7 Å². The zero-order chi connectivity index (χ0) is 19.0. The van der Waals surface area contributed by atoms with Crippen LogP contribution >= 0.6 is 0 Å². The van der Waals surface area contributed by atoms with Gasteiger partial charge in [-0.3, -0.25) is 9.69 Å². The maximum absolute atomic E-state index is 13.2. The number of likely N-dealkylation sites (N-methyl/N-ethyl adjacent to an activating group) is 1. The summed E-state index contributed by atoms with van der Waals surface area (Å²) in [5, 5.41) is 3.01. The highest BCUT2D eigenvalue weighted by Gasteiger charge is 2.42. The van der Waals surface area contributed by atoms with Crippen LogP contribution in [0.25, 0.3) is 0 Å². The van der Waals surface area contributed by atoms with Crippen LogP contribution in [0.1, 0.15) is 36.4 Å². The van der Waals surface area contributed by atoms with Crippen LogP contribution < -0.4 is 10.2 Å². The zero-order valence-electron chi connectivity index (χ0n) is 16.3. The fraction of sp³-hybridized carbons (Fsp3) is 0.524. The Balaban J connectivity index is 1.53. The Morgan fingerprint density at radius 3 is 2.52 bits per heavy atom. The number of amides is 3. The van der Waals surface area contributed by atoms with Crippen LogP contribution in [-0.4, -0.2) is 61.5 Å². The van der Waals surface area contributed by atoms with E-state index in [1.165, 1.54) is 32.4 Å². The molecule has 3 aliphatic rings. The molecule has 1 saturated heterocycles. The number of hydrogen-bond acceptors (Lipinski definition) is 2. The number of aryl methyl sites for hydroxylation is 1. The first-order chi connectivity index (χ1) is 13.0. The molecule has 2 N–H and O–H groups in total. The number of nitrogens with one attached hydrogen (secondary N) is 2. The predicted octanol–water partition coefficient (Wildman–Crippen LogP) is 0.856. The van der Waals surface area contributed by atoms with Crippen molar-refractivity contribution < 1.29 is 14.5 Å². The second-order valence-corrected chi connectivity index (χ2v) is 8.00. The summed E-state index contributed by atoms with van der Waals surface area (Å²) < 4.78 is 0. The Morgan fingerprint density at radius 2 is 1.81 bits per heavy atom. The minimum absolute atomic E-state index is 0.0684. The summed E-state index contributed by atoms with van der Waals surface area (Å²) in [7, 11) is 1.75. The van der Waals surface area contributed by atoms with Crippen molar-refractivity contribution in [1.29, 1.82) is 0 Å². The number of carbonyl (C=O) groups excluding carboxylic acids is 2. The van der Waals surface area contributed by atoms with E-state index in [1.54, 1.807) is 16.8 Å². The maximum atomic E-state index is 13.2. The van der Waals surface area contributed by atoms with Crippen molar-refractivity contribution in [2.75, 3.05) is 39.8 Å². The Morgan fingerprint density at radius 1 is 1.11 bits per heavy atom. The molecule has 0 spiro atoms. The number of carbonyl (C=O) groups is 2. The van der Waals surface area contributed by atoms with E-state index in [0.717, 1.165) is 35.5 Å². The van der Waals surface area contributed by atoms with Crippen molar-refractivity contribution in [3.05, 3.63) is 46.7 Å². The van der Waals surface area contributed by atoms with Gasteiger partial charge in [-0.15, -0.1) is 0 Å². The van der Waals surface area contributed by atoms with Gasteiger partial charge in [-0.2, -0.15) is 0 Å². The molecule has 1 fully saturated rings. The van der Waals surface area contributed by atoms with Gasteiger partial charge in [-0.25, -0.2) is 4.79 Å². The SMILES string of the molecule is Cc1ccc([C@@H]2NC(=O)N(C)C3=C2C(=O)N(CC[NH+]2CCCCC2)C3)cc1. The summed E-state index contributed by atoms with van der Waals surface area (Å²) in [6.07, 6.45) is 3.90. The van der Waals surface area contributed by atoms with Gasteiger partial charge in [-0.1, -0.05) is 29.8 Å². The average Bonchev–Trinajstić information content (AvgIpc) is 3.01. The molecule has 6 nitrogen and oxygen atoms in total. The van der Waals surface area contributed by atoms with Crippen LogP contribution in [0.3, 0.4) is 0 Å². The second-order valence-electron chi connectivity index (χ2n) is 8.00. The molecule has 1 aromatic carbocycles. The lowest BCUT2D eigenvalue weighted by Crippen LogP contribution is -3.13. The smallest absolute Gasteiger partial charge is 0.322 e. The first-order valence-electron chi connectivity index (χ1n) is 10.0. The fourth-order valence-corrected chi connectivity index (χ4v) is 4.41. The molecular weight excluding hydrogens is 340 g/mol. The van der Waals surface area contributed by atoms with Gasteiger partial charge in [0.15, 0.2) is 0 Å². The van der Waals surface area contributed by atoms with Crippen LogP contribution in [0.2, 0.25) is 0 Å². The number of nitrogens with zero attached hydrogens (tertiary/aromatic N) is 2. The standard InChI is InChI=1S/C21H28N4O2/c1-15-6-8-16(9-7-15)19-18-17(23(2)21(27)22-19)14-25(20(18)26)13-12-24-10-4-3-5-11-24/h6-9,19H,3-5,10-14H2,1-2H3,(H,22,27)/p+1/t19-/m0/s1. The van der Waals surface area contributed by atoms with Crippen LogP contribution in [0.4, 0.5) is 4.79 Å². The van der Waals surface area contributed by atoms with Crippen molar-refractivity contribution in [2.24, 2.45) is 0 Å². The van der Waals surface area contributed by atoms with E-state index in [-0.39, 0.29) is 18.0 Å². The molecule has 1 atom stereocenters. The van der Waals surface area contributed by atoms with Crippen molar-refractivity contribution in [3.8, 4) is 0 Å². The number of quaternary nitrogens is 1. The van der Waals surface area contributed by atoms with Gasteiger partial charge >= 0.3 is 6.03 Å². The summed E-state index contributed by atoms with van der Waals surface area (Å²) in [6, 6.07) is 7.56. The molecule has 0 saturated carbocycles. The Kier molecular flexibility index (Phi) is 4.91. The van der Waals surface area contributed by atoms with Crippen LogP contribution in [0.15, 0.2) is 35.5 Å². The van der Waals surface area contributed by atoms with Crippen LogP contribution in [0.5, 0.6) is 0 Å². The summed E-state index contributed by atoms with van der Waals surface area (Å²) in [4.78, 5) is 30.8. The van der Waals surface area contributed by atoms with Crippen molar-refractivity contribution in [2.45, 2.75) is 32.2 Å². The van der Waals surface area contributed by atoms with E-state index >= 15 is 0 Å². The first-order valence-corrected chi connectivity index (χ1v) is 10.0. The molecule has 0 bridgehead atoms. The van der Waals surface area contributed by atoms with E-state index in [1.807, 2.05) is 36.1 Å². The largest absolute Gasteiger partial charge is 0.333 e. The van der Waals surface area contributed by atoms with Crippen molar-refractivity contribution in [1.82, 2.24) is 15.1 Å². The molecule has 1 aromatic rings. The zero-order valence-corrected chi connectivity index (χ0v) is 16.3. The molecule has 0 radical (unpaired) electrons. The maximum Gasteiger partial charge on any atom is 0.322 e. The molecule has 0 unspecified atom stereocenters. The average molecular weight is 369 g/mol.